The molecule has 0 spiro atoms. The first-order chi connectivity index (χ1) is 12.5. The van der Waals surface area contributed by atoms with Crippen LogP contribution in [0.4, 0.5) is 0 Å². The van der Waals surface area contributed by atoms with Gasteiger partial charge >= 0.3 is 0 Å². The van der Waals surface area contributed by atoms with Crippen LogP contribution >= 0.6 is 12.2 Å². The van der Waals surface area contributed by atoms with Crippen LogP contribution in [0.2, 0.25) is 0 Å². The van der Waals surface area contributed by atoms with Crippen molar-refractivity contribution < 1.29 is 4.74 Å². The van der Waals surface area contributed by atoms with Gasteiger partial charge in [0.25, 0.3) is 0 Å². The summed E-state index contributed by atoms with van der Waals surface area (Å²) in [5, 5.41) is 5.33. The fourth-order valence-electron chi connectivity index (χ4n) is 3.01. The summed E-state index contributed by atoms with van der Waals surface area (Å²) >= 11 is 4.77. The van der Waals surface area contributed by atoms with Crippen molar-refractivity contribution in [3.63, 3.8) is 0 Å². The van der Waals surface area contributed by atoms with Crippen LogP contribution in [0.1, 0.15) is 16.7 Å². The second-order valence-corrected chi connectivity index (χ2v) is 6.64. The summed E-state index contributed by atoms with van der Waals surface area (Å²) in [6.07, 6.45) is 3.78. The SMILES string of the molecule is Cc1cc(C)cc(OCCn2cc(/C=N/NC(N)=S)c3ccccc32)c1. The van der Waals surface area contributed by atoms with Gasteiger partial charge in [-0.1, -0.05) is 24.3 Å². The first-order valence-electron chi connectivity index (χ1n) is 8.40. The van der Waals surface area contributed by atoms with Crippen molar-refractivity contribution in [3.05, 3.63) is 65.4 Å². The van der Waals surface area contributed by atoms with E-state index in [1.807, 2.05) is 12.1 Å². The number of thiocarbonyl (C=S) groups is 1. The Bertz CT molecular complexity index is 941. The summed E-state index contributed by atoms with van der Waals surface area (Å²) < 4.78 is 8.11. The number of aromatic nitrogens is 1. The molecule has 1 heterocycles. The monoisotopic (exact) mass is 366 g/mol. The van der Waals surface area contributed by atoms with Crippen LogP contribution in [0.5, 0.6) is 5.75 Å². The van der Waals surface area contributed by atoms with E-state index in [2.05, 4.69) is 65.5 Å². The number of hydrazone groups is 1. The highest BCUT2D eigenvalue weighted by Gasteiger charge is 2.07. The van der Waals surface area contributed by atoms with Crippen LogP contribution in [-0.2, 0) is 6.54 Å². The first kappa shape index (κ1) is 17.9. The maximum absolute atomic E-state index is 5.94. The number of hydrogen-bond acceptors (Lipinski definition) is 3. The van der Waals surface area contributed by atoms with E-state index in [-0.39, 0.29) is 5.11 Å². The summed E-state index contributed by atoms with van der Waals surface area (Å²) in [4.78, 5) is 0. The molecule has 0 aliphatic carbocycles. The second kappa shape index (κ2) is 8.01. The van der Waals surface area contributed by atoms with Crippen LogP contribution in [0.15, 0.2) is 53.8 Å². The van der Waals surface area contributed by atoms with Gasteiger partial charge in [0.15, 0.2) is 5.11 Å². The molecule has 0 aliphatic rings. The van der Waals surface area contributed by atoms with Crippen LogP contribution < -0.4 is 15.9 Å². The van der Waals surface area contributed by atoms with Crippen molar-refractivity contribution >= 4 is 34.4 Å². The number of benzene rings is 2. The lowest BCUT2D eigenvalue weighted by molar-refractivity contribution is 0.300. The molecular formula is C20H22N4OS. The first-order valence-corrected chi connectivity index (χ1v) is 8.81. The second-order valence-electron chi connectivity index (χ2n) is 6.20. The largest absolute Gasteiger partial charge is 0.492 e. The number of aryl methyl sites for hydroxylation is 2. The van der Waals surface area contributed by atoms with Crippen molar-refractivity contribution in [1.29, 1.82) is 0 Å². The molecule has 6 heteroatoms. The Morgan fingerprint density at radius 2 is 1.96 bits per heavy atom. The molecule has 3 rings (SSSR count). The zero-order chi connectivity index (χ0) is 18.5. The molecule has 0 aliphatic heterocycles. The summed E-state index contributed by atoms with van der Waals surface area (Å²) in [5.41, 5.74) is 12.5. The molecule has 0 radical (unpaired) electrons. The molecule has 134 valence electrons. The maximum atomic E-state index is 5.94. The van der Waals surface area contributed by atoms with Gasteiger partial charge in [-0.05, 0) is 55.4 Å². The van der Waals surface area contributed by atoms with Gasteiger partial charge in [-0.15, -0.1) is 0 Å². The van der Waals surface area contributed by atoms with Crippen LogP contribution in [-0.4, -0.2) is 22.5 Å². The van der Waals surface area contributed by atoms with Crippen molar-refractivity contribution in [2.24, 2.45) is 10.8 Å². The lowest BCUT2D eigenvalue weighted by Gasteiger charge is -2.10. The van der Waals surface area contributed by atoms with E-state index >= 15 is 0 Å². The summed E-state index contributed by atoms with van der Waals surface area (Å²) in [6.45, 7) is 5.48. The number of rotatable bonds is 6. The van der Waals surface area contributed by atoms with E-state index in [1.165, 1.54) is 11.1 Å². The Balaban J connectivity index is 1.75. The van der Waals surface area contributed by atoms with E-state index < -0.39 is 0 Å². The van der Waals surface area contributed by atoms with Crippen molar-refractivity contribution in [2.45, 2.75) is 20.4 Å². The third-order valence-electron chi connectivity index (χ3n) is 3.99. The topological polar surface area (TPSA) is 64.6 Å². The predicted octanol–water partition coefficient (Wildman–Crippen LogP) is 3.50. The minimum absolute atomic E-state index is 0.145. The quantitative estimate of drug-likeness (QED) is 0.398. The number of nitrogens with two attached hydrogens (primary N) is 1. The highest BCUT2D eigenvalue weighted by molar-refractivity contribution is 7.80. The lowest BCUT2D eigenvalue weighted by Crippen LogP contribution is -2.23. The molecule has 0 saturated heterocycles. The average molecular weight is 366 g/mol. The Labute approximate surface area is 158 Å². The fraction of sp³-hybridized carbons (Fsp3) is 0.200. The molecule has 0 saturated carbocycles. The van der Waals surface area contributed by atoms with Gasteiger partial charge in [0.05, 0.1) is 12.8 Å². The number of nitrogens with zero attached hydrogens (tertiary/aromatic N) is 2. The Kier molecular flexibility index (Phi) is 5.53. The molecule has 2 aromatic carbocycles. The number of hydrogen-bond donors (Lipinski definition) is 2. The Morgan fingerprint density at radius 3 is 2.69 bits per heavy atom. The zero-order valence-corrected chi connectivity index (χ0v) is 15.7. The molecule has 26 heavy (non-hydrogen) atoms. The van der Waals surface area contributed by atoms with Gasteiger partial charge < -0.3 is 15.0 Å². The number of ether oxygens (including phenoxy) is 1. The minimum Gasteiger partial charge on any atom is -0.492 e. The van der Waals surface area contributed by atoms with Crippen molar-refractivity contribution in [2.75, 3.05) is 6.61 Å². The predicted molar refractivity (Wildman–Crippen MR) is 111 cm³/mol. The third-order valence-corrected chi connectivity index (χ3v) is 4.09. The van der Waals surface area contributed by atoms with Gasteiger partial charge in [-0.2, -0.15) is 5.10 Å². The fourth-order valence-corrected chi connectivity index (χ4v) is 3.06. The van der Waals surface area contributed by atoms with E-state index in [0.717, 1.165) is 28.8 Å². The van der Waals surface area contributed by atoms with Crippen molar-refractivity contribution in [3.8, 4) is 5.75 Å². The lowest BCUT2D eigenvalue weighted by atomic mass is 10.1. The number of para-hydroxylation sites is 1. The van der Waals surface area contributed by atoms with E-state index in [4.69, 9.17) is 22.7 Å². The highest BCUT2D eigenvalue weighted by Crippen LogP contribution is 2.21. The molecule has 0 unspecified atom stereocenters. The van der Waals surface area contributed by atoms with E-state index in [0.29, 0.717) is 6.61 Å². The molecular weight excluding hydrogens is 344 g/mol. The summed E-state index contributed by atoms with van der Waals surface area (Å²) in [5.74, 6) is 0.904. The molecule has 0 amide bonds. The van der Waals surface area contributed by atoms with Crippen molar-refractivity contribution in [1.82, 2.24) is 9.99 Å². The summed E-state index contributed by atoms with van der Waals surface area (Å²) in [6, 6.07) is 14.4. The van der Waals surface area contributed by atoms with Gasteiger partial charge in [-0.25, -0.2) is 0 Å². The van der Waals surface area contributed by atoms with Gasteiger partial charge in [-0.3, -0.25) is 5.43 Å². The number of nitrogens with one attached hydrogen (secondary N) is 1. The standard InChI is InChI=1S/C20H22N4OS/c1-14-9-15(2)11-17(10-14)25-8-7-24-13-16(12-22-23-20(21)26)18-5-3-4-6-19(18)24/h3-6,9-13H,7-8H2,1-2H3,(H3,21,23,26)/b22-12+. The molecule has 3 aromatic rings. The summed E-state index contributed by atoms with van der Waals surface area (Å²) in [7, 11) is 0. The van der Waals surface area contributed by atoms with Gasteiger partial charge in [0, 0.05) is 22.7 Å². The Hall–Kier alpha value is -2.86. The third kappa shape index (κ3) is 4.40. The highest BCUT2D eigenvalue weighted by atomic mass is 32.1. The van der Waals surface area contributed by atoms with Crippen LogP contribution in [0, 0.1) is 13.8 Å². The van der Waals surface area contributed by atoms with Gasteiger partial charge in [0.2, 0.25) is 0 Å². The normalized spacial score (nSPS) is 11.2. The molecule has 5 nitrogen and oxygen atoms in total. The molecule has 0 bridgehead atoms. The van der Waals surface area contributed by atoms with Gasteiger partial charge in [0.1, 0.15) is 12.4 Å². The molecule has 3 N–H and O–H groups in total. The van der Waals surface area contributed by atoms with E-state index in [9.17, 15) is 0 Å². The smallest absolute Gasteiger partial charge is 0.184 e. The van der Waals surface area contributed by atoms with E-state index in [1.54, 1.807) is 6.21 Å². The minimum atomic E-state index is 0.145. The Morgan fingerprint density at radius 1 is 1.23 bits per heavy atom. The van der Waals surface area contributed by atoms with Crippen LogP contribution in [0.25, 0.3) is 10.9 Å². The maximum Gasteiger partial charge on any atom is 0.184 e. The molecule has 0 fully saturated rings. The molecule has 1 aromatic heterocycles. The average Bonchev–Trinajstić information content (AvgIpc) is 2.92. The van der Waals surface area contributed by atoms with Crippen LogP contribution in [0.3, 0.4) is 0 Å². The zero-order valence-electron chi connectivity index (χ0n) is 14.9. The molecule has 0 atom stereocenters. The number of fused-ring (bicyclic) bond motifs is 1.